The Labute approximate surface area is 102 Å². The molecule has 1 aromatic rings. The summed E-state index contributed by atoms with van der Waals surface area (Å²) in [6.07, 6.45) is 1.84. The summed E-state index contributed by atoms with van der Waals surface area (Å²) in [4.78, 5) is 11.6. The monoisotopic (exact) mass is 234 g/mol. The van der Waals surface area contributed by atoms with Crippen LogP contribution < -0.4 is 0 Å². The average molecular weight is 234 g/mol. The topological polar surface area (TPSA) is 46.5 Å². The molecule has 0 aliphatic heterocycles. The highest BCUT2D eigenvalue weighted by molar-refractivity contribution is 6.15. The third kappa shape index (κ3) is 3.63. The van der Waals surface area contributed by atoms with Crippen molar-refractivity contribution < 1.29 is 14.6 Å². The molecule has 0 radical (unpaired) electrons. The third-order valence-electron chi connectivity index (χ3n) is 2.52. The van der Waals surface area contributed by atoms with Crippen molar-refractivity contribution in [2.75, 3.05) is 6.61 Å². The summed E-state index contributed by atoms with van der Waals surface area (Å²) < 4.78 is 5.07. The summed E-state index contributed by atoms with van der Waals surface area (Å²) in [6.45, 7) is 7.95. The molecule has 0 fully saturated rings. The van der Waals surface area contributed by atoms with E-state index in [0.717, 1.165) is 12.8 Å². The number of benzene rings is 1. The molecule has 1 rings (SSSR count). The van der Waals surface area contributed by atoms with Gasteiger partial charge in [0.25, 0.3) is 0 Å². The molecule has 0 aliphatic rings. The summed E-state index contributed by atoms with van der Waals surface area (Å²) in [6, 6.07) is 4.93. The lowest BCUT2D eigenvalue weighted by molar-refractivity contribution is -0.136. The fourth-order valence-corrected chi connectivity index (χ4v) is 1.36. The smallest absolute Gasteiger partial charge is 0.338 e. The second-order valence-corrected chi connectivity index (χ2v) is 3.97. The molecule has 17 heavy (non-hydrogen) atoms. The molecule has 0 saturated heterocycles. The maximum Gasteiger partial charge on any atom is 0.338 e. The van der Waals surface area contributed by atoms with Crippen LogP contribution >= 0.6 is 0 Å². The van der Waals surface area contributed by atoms with Gasteiger partial charge in [-0.15, -0.1) is 0 Å². The second kappa shape index (κ2) is 6.09. The van der Waals surface area contributed by atoms with Crippen LogP contribution in [0.5, 0.6) is 5.75 Å². The van der Waals surface area contributed by atoms with Crippen LogP contribution in [0.4, 0.5) is 0 Å². The molecule has 3 nitrogen and oxygen atoms in total. The molecule has 92 valence electrons. The maximum absolute atomic E-state index is 11.6. The molecule has 0 spiro atoms. The first kappa shape index (κ1) is 13.3. The molecule has 0 amide bonds. The number of unbranched alkanes of at least 4 members (excludes halogenated alkanes) is 1. The minimum Gasteiger partial charge on any atom is -0.508 e. The molecule has 0 heterocycles. The van der Waals surface area contributed by atoms with Crippen molar-refractivity contribution in [1.29, 1.82) is 0 Å². The van der Waals surface area contributed by atoms with Crippen molar-refractivity contribution in [3.05, 3.63) is 35.9 Å². The number of aromatic hydroxyl groups is 1. The van der Waals surface area contributed by atoms with Gasteiger partial charge < -0.3 is 9.84 Å². The van der Waals surface area contributed by atoms with E-state index in [0.29, 0.717) is 23.3 Å². The van der Waals surface area contributed by atoms with Crippen molar-refractivity contribution >= 4 is 11.5 Å². The first-order valence-corrected chi connectivity index (χ1v) is 5.72. The minimum atomic E-state index is -0.400. The SMILES string of the molecule is C=C(C(=O)OCCCC)c1ccc(O)c(C)c1. The number of phenolic OH excluding ortho intramolecular Hbond substituents is 1. The van der Waals surface area contributed by atoms with Gasteiger partial charge in [0.05, 0.1) is 12.2 Å². The molecule has 0 aliphatic carbocycles. The van der Waals surface area contributed by atoms with Crippen molar-refractivity contribution in [2.45, 2.75) is 26.7 Å². The first-order valence-electron chi connectivity index (χ1n) is 5.72. The summed E-state index contributed by atoms with van der Waals surface area (Å²) in [5, 5.41) is 9.39. The zero-order valence-corrected chi connectivity index (χ0v) is 10.3. The highest BCUT2D eigenvalue weighted by Crippen LogP contribution is 2.22. The van der Waals surface area contributed by atoms with E-state index < -0.39 is 5.97 Å². The lowest BCUT2D eigenvalue weighted by Gasteiger charge is -2.08. The van der Waals surface area contributed by atoms with Gasteiger partial charge in [-0.05, 0) is 36.6 Å². The number of carbonyl (C=O) groups is 1. The molecule has 3 heteroatoms. The van der Waals surface area contributed by atoms with Crippen LogP contribution in [-0.4, -0.2) is 17.7 Å². The Morgan fingerprint density at radius 2 is 2.18 bits per heavy atom. The van der Waals surface area contributed by atoms with E-state index in [-0.39, 0.29) is 5.75 Å². The van der Waals surface area contributed by atoms with Crippen molar-refractivity contribution in [3.8, 4) is 5.75 Å². The van der Waals surface area contributed by atoms with Gasteiger partial charge in [0.2, 0.25) is 0 Å². The number of esters is 1. The van der Waals surface area contributed by atoms with Gasteiger partial charge in [-0.25, -0.2) is 4.79 Å². The second-order valence-electron chi connectivity index (χ2n) is 3.97. The Morgan fingerprint density at radius 3 is 2.76 bits per heavy atom. The minimum absolute atomic E-state index is 0.209. The van der Waals surface area contributed by atoms with E-state index in [2.05, 4.69) is 6.58 Å². The normalized spacial score (nSPS) is 10.0. The molecule has 0 saturated carbocycles. The Balaban J connectivity index is 2.68. The van der Waals surface area contributed by atoms with Crippen LogP contribution in [0.1, 0.15) is 30.9 Å². The van der Waals surface area contributed by atoms with Crippen molar-refractivity contribution in [2.24, 2.45) is 0 Å². The first-order chi connectivity index (χ1) is 8.06. The predicted molar refractivity (Wildman–Crippen MR) is 67.7 cm³/mol. The van der Waals surface area contributed by atoms with Gasteiger partial charge in [-0.2, -0.15) is 0 Å². The zero-order chi connectivity index (χ0) is 12.8. The van der Waals surface area contributed by atoms with E-state index in [1.807, 2.05) is 6.92 Å². The number of rotatable bonds is 5. The quantitative estimate of drug-likeness (QED) is 0.484. The van der Waals surface area contributed by atoms with Gasteiger partial charge in [-0.1, -0.05) is 26.0 Å². The number of phenols is 1. The number of hydrogen-bond donors (Lipinski definition) is 1. The summed E-state index contributed by atoms with van der Waals surface area (Å²) >= 11 is 0. The van der Waals surface area contributed by atoms with Crippen LogP contribution in [0.25, 0.3) is 5.57 Å². The average Bonchev–Trinajstić information content (AvgIpc) is 2.32. The van der Waals surface area contributed by atoms with Crippen LogP contribution in [-0.2, 0) is 9.53 Å². The van der Waals surface area contributed by atoms with Crippen LogP contribution in [0, 0.1) is 6.92 Å². The molecule has 0 atom stereocenters. The zero-order valence-electron chi connectivity index (χ0n) is 10.3. The van der Waals surface area contributed by atoms with E-state index in [9.17, 15) is 9.90 Å². The lowest BCUT2D eigenvalue weighted by atomic mass is 10.0. The van der Waals surface area contributed by atoms with Crippen LogP contribution in [0.3, 0.4) is 0 Å². The van der Waals surface area contributed by atoms with Gasteiger partial charge in [0.1, 0.15) is 5.75 Å². The predicted octanol–water partition coefficient (Wildman–Crippen LogP) is 3.06. The molecular formula is C14H18O3. The molecule has 1 aromatic carbocycles. The molecule has 0 bridgehead atoms. The molecule has 0 aromatic heterocycles. The summed E-state index contributed by atoms with van der Waals surface area (Å²) in [7, 11) is 0. The van der Waals surface area contributed by atoms with Crippen molar-refractivity contribution in [3.63, 3.8) is 0 Å². The van der Waals surface area contributed by atoms with Gasteiger partial charge in [0, 0.05) is 0 Å². The number of aryl methyl sites for hydroxylation is 1. The standard InChI is InChI=1S/C14H18O3/c1-4-5-8-17-14(16)11(3)12-6-7-13(15)10(2)9-12/h6-7,9,15H,3-5,8H2,1-2H3. The van der Waals surface area contributed by atoms with E-state index >= 15 is 0 Å². The summed E-state index contributed by atoms with van der Waals surface area (Å²) in [5.41, 5.74) is 1.72. The maximum atomic E-state index is 11.6. The van der Waals surface area contributed by atoms with Crippen LogP contribution in [0.2, 0.25) is 0 Å². The largest absolute Gasteiger partial charge is 0.508 e. The van der Waals surface area contributed by atoms with E-state index in [1.54, 1.807) is 25.1 Å². The summed E-state index contributed by atoms with van der Waals surface area (Å²) in [5.74, 6) is -0.190. The van der Waals surface area contributed by atoms with E-state index in [4.69, 9.17) is 4.74 Å². The number of hydrogen-bond acceptors (Lipinski definition) is 3. The Hall–Kier alpha value is -1.77. The highest BCUT2D eigenvalue weighted by Gasteiger charge is 2.11. The Kier molecular flexibility index (Phi) is 4.76. The third-order valence-corrected chi connectivity index (χ3v) is 2.52. The van der Waals surface area contributed by atoms with E-state index in [1.165, 1.54) is 0 Å². The number of carbonyl (C=O) groups excluding carboxylic acids is 1. The lowest BCUT2D eigenvalue weighted by Crippen LogP contribution is -2.07. The highest BCUT2D eigenvalue weighted by atomic mass is 16.5. The van der Waals surface area contributed by atoms with Crippen molar-refractivity contribution in [1.82, 2.24) is 0 Å². The fourth-order valence-electron chi connectivity index (χ4n) is 1.36. The number of ether oxygens (including phenoxy) is 1. The molecular weight excluding hydrogens is 216 g/mol. The van der Waals surface area contributed by atoms with Crippen LogP contribution in [0.15, 0.2) is 24.8 Å². The van der Waals surface area contributed by atoms with Gasteiger partial charge in [0.15, 0.2) is 0 Å². The Morgan fingerprint density at radius 1 is 1.47 bits per heavy atom. The molecule has 1 N–H and O–H groups in total. The van der Waals surface area contributed by atoms with Gasteiger partial charge in [-0.3, -0.25) is 0 Å². The molecule has 0 unspecified atom stereocenters. The fraction of sp³-hybridized carbons (Fsp3) is 0.357. The van der Waals surface area contributed by atoms with Gasteiger partial charge >= 0.3 is 5.97 Å². The Bertz CT molecular complexity index is 421.